The number of nitrogens with one attached hydrogen (secondary N) is 1. The van der Waals surface area contributed by atoms with Crippen molar-refractivity contribution in [2.75, 3.05) is 32.8 Å². The first-order chi connectivity index (χ1) is 11.8. The van der Waals surface area contributed by atoms with Crippen LogP contribution in [0.15, 0.2) is 24.5 Å². The van der Waals surface area contributed by atoms with Crippen molar-refractivity contribution < 1.29 is 9.53 Å². The van der Waals surface area contributed by atoms with Gasteiger partial charge in [0.2, 0.25) is 5.91 Å². The summed E-state index contributed by atoms with van der Waals surface area (Å²) in [7, 11) is 0. The quantitative estimate of drug-likeness (QED) is 0.921. The SMILES string of the molecule is O=C1C[C@H](c2cccnc2)C2(CCN(CC3CCOCC3)CC2)N1. The molecule has 1 aromatic heterocycles. The molecule has 4 heterocycles. The van der Waals surface area contributed by atoms with Crippen molar-refractivity contribution in [2.45, 2.75) is 43.6 Å². The maximum absolute atomic E-state index is 12.1. The second-order valence-corrected chi connectivity index (χ2v) is 7.60. The van der Waals surface area contributed by atoms with Crippen molar-refractivity contribution in [2.24, 2.45) is 5.92 Å². The fourth-order valence-corrected chi connectivity index (χ4v) is 4.72. The van der Waals surface area contributed by atoms with Crippen LogP contribution in [0.5, 0.6) is 0 Å². The van der Waals surface area contributed by atoms with Gasteiger partial charge in [0.05, 0.1) is 0 Å². The molecule has 24 heavy (non-hydrogen) atoms. The normalized spacial score (nSPS) is 28.2. The molecule has 0 radical (unpaired) electrons. The lowest BCUT2D eigenvalue weighted by atomic mass is 9.74. The number of aromatic nitrogens is 1. The van der Waals surface area contributed by atoms with E-state index in [-0.39, 0.29) is 17.4 Å². The fourth-order valence-electron chi connectivity index (χ4n) is 4.72. The molecule has 5 nitrogen and oxygen atoms in total. The molecule has 0 saturated carbocycles. The number of hydrogen-bond donors (Lipinski definition) is 1. The summed E-state index contributed by atoms with van der Waals surface area (Å²) in [5.41, 5.74) is 1.14. The van der Waals surface area contributed by atoms with E-state index in [2.05, 4.69) is 21.3 Å². The van der Waals surface area contributed by atoms with Crippen LogP contribution in [-0.2, 0) is 9.53 Å². The third-order valence-corrected chi connectivity index (χ3v) is 6.14. The Morgan fingerprint density at radius 2 is 2.08 bits per heavy atom. The number of amides is 1. The minimum Gasteiger partial charge on any atom is -0.381 e. The van der Waals surface area contributed by atoms with E-state index >= 15 is 0 Å². The number of nitrogens with zero attached hydrogens (tertiary/aromatic N) is 2. The Morgan fingerprint density at radius 3 is 2.79 bits per heavy atom. The van der Waals surface area contributed by atoms with Gasteiger partial charge in [0.15, 0.2) is 0 Å². The van der Waals surface area contributed by atoms with Crippen LogP contribution in [0.25, 0.3) is 0 Å². The Morgan fingerprint density at radius 1 is 1.29 bits per heavy atom. The van der Waals surface area contributed by atoms with Crippen LogP contribution in [0.4, 0.5) is 0 Å². The van der Waals surface area contributed by atoms with Crippen LogP contribution in [0, 0.1) is 5.92 Å². The van der Waals surface area contributed by atoms with Crippen LogP contribution >= 0.6 is 0 Å². The summed E-state index contributed by atoms with van der Waals surface area (Å²) in [6, 6.07) is 4.10. The fraction of sp³-hybridized carbons (Fsp3) is 0.684. The maximum Gasteiger partial charge on any atom is 0.221 e. The summed E-state index contributed by atoms with van der Waals surface area (Å²) >= 11 is 0. The third kappa shape index (κ3) is 3.20. The summed E-state index contributed by atoms with van der Waals surface area (Å²) in [4.78, 5) is 19.0. The van der Waals surface area contributed by atoms with E-state index in [4.69, 9.17) is 4.74 Å². The molecule has 1 aromatic rings. The maximum atomic E-state index is 12.1. The molecule has 3 saturated heterocycles. The molecule has 0 unspecified atom stereocenters. The largest absolute Gasteiger partial charge is 0.381 e. The molecule has 3 fully saturated rings. The lowest BCUT2D eigenvalue weighted by molar-refractivity contribution is -0.120. The van der Waals surface area contributed by atoms with Crippen LogP contribution in [0.1, 0.15) is 43.6 Å². The van der Waals surface area contributed by atoms with Gasteiger partial charge in [0, 0.05) is 63.1 Å². The van der Waals surface area contributed by atoms with Crippen LogP contribution in [-0.4, -0.2) is 54.2 Å². The molecule has 4 rings (SSSR count). The van der Waals surface area contributed by atoms with Crippen molar-refractivity contribution in [3.63, 3.8) is 0 Å². The molecule has 1 amide bonds. The summed E-state index contributed by atoms with van der Waals surface area (Å²) in [6.07, 6.45) is 8.81. The van der Waals surface area contributed by atoms with Crippen LogP contribution < -0.4 is 5.32 Å². The van der Waals surface area contributed by atoms with Crippen molar-refractivity contribution in [3.8, 4) is 0 Å². The topological polar surface area (TPSA) is 54.5 Å². The highest BCUT2D eigenvalue weighted by Crippen LogP contribution is 2.43. The zero-order valence-corrected chi connectivity index (χ0v) is 14.2. The first-order valence-corrected chi connectivity index (χ1v) is 9.26. The Bertz CT molecular complexity index is 563. The minimum atomic E-state index is -0.0632. The highest BCUT2D eigenvalue weighted by molar-refractivity contribution is 5.81. The first kappa shape index (κ1) is 16.0. The van der Waals surface area contributed by atoms with E-state index in [1.807, 2.05) is 12.3 Å². The van der Waals surface area contributed by atoms with Crippen molar-refractivity contribution in [1.82, 2.24) is 15.2 Å². The number of pyridine rings is 1. The lowest BCUT2D eigenvalue weighted by Gasteiger charge is -2.44. The second-order valence-electron chi connectivity index (χ2n) is 7.60. The summed E-state index contributed by atoms with van der Waals surface area (Å²) in [5.74, 6) is 1.24. The van der Waals surface area contributed by atoms with Gasteiger partial charge in [0.1, 0.15) is 0 Å². The van der Waals surface area contributed by atoms with E-state index in [0.717, 1.165) is 45.1 Å². The number of rotatable bonds is 3. The molecule has 3 aliphatic rings. The average molecular weight is 329 g/mol. The van der Waals surface area contributed by atoms with Gasteiger partial charge in [-0.2, -0.15) is 0 Å². The van der Waals surface area contributed by atoms with Gasteiger partial charge in [-0.1, -0.05) is 6.07 Å². The van der Waals surface area contributed by atoms with E-state index in [1.54, 1.807) is 6.20 Å². The van der Waals surface area contributed by atoms with Crippen molar-refractivity contribution in [1.29, 1.82) is 0 Å². The number of hydrogen-bond acceptors (Lipinski definition) is 4. The third-order valence-electron chi connectivity index (χ3n) is 6.14. The molecule has 1 N–H and O–H groups in total. The van der Waals surface area contributed by atoms with Gasteiger partial charge < -0.3 is 15.0 Å². The summed E-state index contributed by atoms with van der Waals surface area (Å²) in [6.45, 7) is 5.18. The lowest BCUT2D eigenvalue weighted by Crippen LogP contribution is -2.54. The highest BCUT2D eigenvalue weighted by atomic mass is 16.5. The smallest absolute Gasteiger partial charge is 0.221 e. The van der Waals surface area contributed by atoms with E-state index in [1.165, 1.54) is 24.9 Å². The van der Waals surface area contributed by atoms with E-state index < -0.39 is 0 Å². The molecule has 5 heteroatoms. The molecule has 1 atom stereocenters. The Balaban J connectivity index is 1.41. The number of piperidine rings is 1. The van der Waals surface area contributed by atoms with Gasteiger partial charge >= 0.3 is 0 Å². The number of ether oxygens (including phenoxy) is 1. The van der Waals surface area contributed by atoms with Crippen LogP contribution in [0.2, 0.25) is 0 Å². The van der Waals surface area contributed by atoms with Crippen LogP contribution in [0.3, 0.4) is 0 Å². The van der Waals surface area contributed by atoms with Gasteiger partial charge in [-0.15, -0.1) is 0 Å². The number of likely N-dealkylation sites (tertiary alicyclic amines) is 1. The molecular formula is C19H27N3O2. The van der Waals surface area contributed by atoms with Gasteiger partial charge in [0.25, 0.3) is 0 Å². The molecule has 3 aliphatic heterocycles. The van der Waals surface area contributed by atoms with Crippen molar-refractivity contribution >= 4 is 5.91 Å². The van der Waals surface area contributed by atoms with Gasteiger partial charge in [-0.05, 0) is 43.2 Å². The zero-order chi connectivity index (χ0) is 16.4. The molecule has 130 valence electrons. The summed E-state index contributed by atoms with van der Waals surface area (Å²) < 4.78 is 5.47. The zero-order valence-electron chi connectivity index (χ0n) is 14.2. The van der Waals surface area contributed by atoms with Crippen molar-refractivity contribution in [3.05, 3.63) is 30.1 Å². The standard InChI is InChI=1S/C19H27N3O2/c23-18-12-17(16-2-1-7-20-13-16)19(21-18)5-8-22(9-6-19)14-15-3-10-24-11-4-15/h1-2,7,13,15,17H,3-6,8-12,14H2,(H,21,23)/t17-/m1/s1. The molecule has 0 bridgehead atoms. The van der Waals surface area contributed by atoms with Gasteiger partial charge in [-0.25, -0.2) is 0 Å². The van der Waals surface area contributed by atoms with E-state index in [0.29, 0.717) is 6.42 Å². The summed E-state index contributed by atoms with van der Waals surface area (Å²) in [5, 5.41) is 3.33. The molecule has 0 aliphatic carbocycles. The second kappa shape index (κ2) is 6.81. The Labute approximate surface area is 143 Å². The predicted molar refractivity (Wildman–Crippen MR) is 91.7 cm³/mol. The number of carbonyl (C=O) groups is 1. The predicted octanol–water partition coefficient (Wildman–Crippen LogP) is 1.95. The van der Waals surface area contributed by atoms with E-state index in [9.17, 15) is 4.79 Å². The Kier molecular flexibility index (Phi) is 4.55. The monoisotopic (exact) mass is 329 g/mol. The minimum absolute atomic E-state index is 0.0632. The highest BCUT2D eigenvalue weighted by Gasteiger charge is 2.48. The Hall–Kier alpha value is -1.46. The molecular weight excluding hydrogens is 302 g/mol. The molecule has 1 spiro atoms. The average Bonchev–Trinajstić information content (AvgIpc) is 2.95. The molecule has 0 aromatic carbocycles. The number of carbonyl (C=O) groups excluding carboxylic acids is 1. The van der Waals surface area contributed by atoms with Gasteiger partial charge in [-0.3, -0.25) is 9.78 Å². The first-order valence-electron chi connectivity index (χ1n) is 9.26.